The highest BCUT2D eigenvalue weighted by Gasteiger charge is 2.23. The summed E-state index contributed by atoms with van der Waals surface area (Å²) in [5, 5.41) is 9.13. The van der Waals surface area contributed by atoms with Crippen LogP contribution in [0.15, 0.2) is 24.3 Å². The number of aliphatic carboxylic acids is 1. The quantitative estimate of drug-likeness (QED) is 0.792. The van der Waals surface area contributed by atoms with Crippen LogP contribution in [0, 0.1) is 0 Å². The van der Waals surface area contributed by atoms with E-state index in [1.165, 1.54) is 7.11 Å². The van der Waals surface area contributed by atoms with Gasteiger partial charge in [0, 0.05) is 19.2 Å². The van der Waals surface area contributed by atoms with E-state index < -0.39 is 12.0 Å². The zero-order valence-electron chi connectivity index (χ0n) is 10.9. The van der Waals surface area contributed by atoms with Gasteiger partial charge in [-0.05, 0) is 13.1 Å². The molecule has 0 fully saturated rings. The molecule has 0 aliphatic carbocycles. The Morgan fingerprint density at radius 2 is 2.06 bits per heavy atom. The molecule has 1 N–H and O–H groups in total. The van der Waals surface area contributed by atoms with Crippen molar-refractivity contribution in [3.63, 3.8) is 0 Å². The molecule has 1 aromatic carbocycles. The Morgan fingerprint density at radius 1 is 1.39 bits per heavy atom. The van der Waals surface area contributed by atoms with Crippen molar-refractivity contribution in [2.24, 2.45) is 0 Å². The zero-order chi connectivity index (χ0) is 13.5. The minimum Gasteiger partial charge on any atom is -0.496 e. The number of ether oxygens (including phenoxy) is 2. The third-order valence-corrected chi connectivity index (χ3v) is 2.75. The summed E-state index contributed by atoms with van der Waals surface area (Å²) < 4.78 is 10.2. The molecule has 0 aliphatic rings. The fourth-order valence-corrected chi connectivity index (χ4v) is 1.76. The van der Waals surface area contributed by atoms with Gasteiger partial charge in [-0.25, -0.2) is 0 Å². The molecule has 0 heterocycles. The SMILES string of the molecule is COCC(C(=O)O)N(C)Cc1ccccc1OC. The number of carboxylic acid groups (broad SMARTS) is 1. The van der Waals surface area contributed by atoms with Gasteiger partial charge in [0.15, 0.2) is 0 Å². The number of nitrogens with zero attached hydrogens (tertiary/aromatic N) is 1. The Bertz CT molecular complexity index is 394. The Kier molecular flexibility index (Phi) is 5.61. The lowest BCUT2D eigenvalue weighted by Crippen LogP contribution is -2.41. The molecule has 0 aromatic heterocycles. The molecule has 5 nitrogen and oxygen atoms in total. The molecular formula is C13H19NO4. The first-order valence-corrected chi connectivity index (χ1v) is 5.64. The minimum absolute atomic E-state index is 0.154. The van der Waals surface area contributed by atoms with Crippen molar-refractivity contribution in [2.45, 2.75) is 12.6 Å². The molecule has 0 bridgehead atoms. The zero-order valence-corrected chi connectivity index (χ0v) is 10.9. The Balaban J connectivity index is 2.78. The van der Waals surface area contributed by atoms with Crippen molar-refractivity contribution in [2.75, 3.05) is 27.9 Å². The van der Waals surface area contributed by atoms with Crippen molar-refractivity contribution in [3.8, 4) is 5.75 Å². The maximum atomic E-state index is 11.1. The van der Waals surface area contributed by atoms with E-state index in [1.54, 1.807) is 19.1 Å². The lowest BCUT2D eigenvalue weighted by molar-refractivity contribution is -0.145. The lowest BCUT2D eigenvalue weighted by Gasteiger charge is -2.24. The van der Waals surface area contributed by atoms with Crippen molar-refractivity contribution in [1.29, 1.82) is 0 Å². The van der Waals surface area contributed by atoms with E-state index in [1.807, 2.05) is 24.3 Å². The maximum Gasteiger partial charge on any atom is 0.323 e. The summed E-state index contributed by atoms with van der Waals surface area (Å²) in [5.41, 5.74) is 0.949. The van der Waals surface area contributed by atoms with Gasteiger partial charge < -0.3 is 14.6 Å². The van der Waals surface area contributed by atoms with E-state index in [0.717, 1.165) is 11.3 Å². The van der Waals surface area contributed by atoms with Crippen molar-refractivity contribution >= 4 is 5.97 Å². The van der Waals surface area contributed by atoms with E-state index >= 15 is 0 Å². The number of carboxylic acids is 1. The fourth-order valence-electron chi connectivity index (χ4n) is 1.76. The third-order valence-electron chi connectivity index (χ3n) is 2.75. The second-order valence-corrected chi connectivity index (χ2v) is 4.04. The Hall–Kier alpha value is -1.59. The van der Waals surface area contributed by atoms with Gasteiger partial charge in [-0.2, -0.15) is 0 Å². The topological polar surface area (TPSA) is 59.0 Å². The summed E-state index contributed by atoms with van der Waals surface area (Å²) >= 11 is 0. The molecule has 0 saturated heterocycles. The van der Waals surface area contributed by atoms with Crippen LogP contribution in [0.3, 0.4) is 0 Å². The maximum absolute atomic E-state index is 11.1. The summed E-state index contributed by atoms with van der Waals surface area (Å²) in [6.07, 6.45) is 0. The van der Waals surface area contributed by atoms with Crippen LogP contribution in [0.5, 0.6) is 5.75 Å². The smallest absolute Gasteiger partial charge is 0.323 e. The number of hydrogen-bond donors (Lipinski definition) is 1. The van der Waals surface area contributed by atoms with E-state index in [4.69, 9.17) is 14.6 Å². The van der Waals surface area contributed by atoms with Gasteiger partial charge in [0.2, 0.25) is 0 Å². The average Bonchev–Trinajstić information content (AvgIpc) is 2.36. The number of rotatable bonds is 7. The van der Waals surface area contributed by atoms with Crippen LogP contribution in [-0.4, -0.2) is 49.9 Å². The van der Waals surface area contributed by atoms with Crippen LogP contribution in [-0.2, 0) is 16.1 Å². The van der Waals surface area contributed by atoms with Crippen LogP contribution in [0.2, 0.25) is 0 Å². The molecule has 100 valence electrons. The van der Waals surface area contributed by atoms with Crippen molar-refractivity contribution in [3.05, 3.63) is 29.8 Å². The molecule has 1 unspecified atom stereocenters. The Morgan fingerprint density at radius 3 is 2.61 bits per heavy atom. The highest BCUT2D eigenvalue weighted by Crippen LogP contribution is 2.19. The number of benzene rings is 1. The third kappa shape index (κ3) is 3.72. The van der Waals surface area contributed by atoms with Gasteiger partial charge >= 0.3 is 5.97 Å². The number of likely N-dealkylation sites (N-methyl/N-ethyl adjacent to an activating group) is 1. The predicted octanol–water partition coefficient (Wildman–Crippen LogP) is 1.23. The highest BCUT2D eigenvalue weighted by atomic mass is 16.5. The van der Waals surface area contributed by atoms with Crippen LogP contribution in [0.4, 0.5) is 0 Å². The molecule has 0 radical (unpaired) electrons. The second-order valence-electron chi connectivity index (χ2n) is 4.04. The molecule has 5 heteroatoms. The van der Waals surface area contributed by atoms with Crippen molar-refractivity contribution < 1.29 is 19.4 Å². The molecular weight excluding hydrogens is 234 g/mol. The summed E-state index contributed by atoms with van der Waals surface area (Å²) in [6.45, 7) is 0.644. The summed E-state index contributed by atoms with van der Waals surface area (Å²) in [7, 11) is 4.85. The van der Waals surface area contributed by atoms with Gasteiger partial charge in [0.25, 0.3) is 0 Å². The normalized spacial score (nSPS) is 12.4. The van der Waals surface area contributed by atoms with Crippen LogP contribution >= 0.6 is 0 Å². The van der Waals surface area contributed by atoms with Gasteiger partial charge in [-0.15, -0.1) is 0 Å². The summed E-state index contributed by atoms with van der Waals surface area (Å²) in [4.78, 5) is 12.8. The van der Waals surface area contributed by atoms with E-state index in [-0.39, 0.29) is 6.61 Å². The Labute approximate surface area is 107 Å². The molecule has 1 atom stereocenters. The molecule has 1 aromatic rings. The first-order valence-electron chi connectivity index (χ1n) is 5.64. The van der Waals surface area contributed by atoms with Crippen molar-refractivity contribution in [1.82, 2.24) is 4.90 Å². The lowest BCUT2D eigenvalue weighted by atomic mass is 10.1. The standard InChI is InChI=1S/C13H19NO4/c1-14(11(9-17-2)13(15)16)8-10-6-4-5-7-12(10)18-3/h4-7,11H,8-9H2,1-3H3,(H,15,16). The first kappa shape index (κ1) is 14.5. The largest absolute Gasteiger partial charge is 0.496 e. The highest BCUT2D eigenvalue weighted by molar-refractivity contribution is 5.73. The van der Waals surface area contributed by atoms with E-state index in [0.29, 0.717) is 6.54 Å². The van der Waals surface area contributed by atoms with Gasteiger partial charge in [0.05, 0.1) is 13.7 Å². The molecule has 18 heavy (non-hydrogen) atoms. The number of para-hydroxylation sites is 1. The van der Waals surface area contributed by atoms with Gasteiger partial charge in [-0.1, -0.05) is 18.2 Å². The molecule has 0 aliphatic heterocycles. The van der Waals surface area contributed by atoms with Crippen LogP contribution in [0.1, 0.15) is 5.56 Å². The van der Waals surface area contributed by atoms with Gasteiger partial charge in [0.1, 0.15) is 11.8 Å². The number of carbonyl (C=O) groups is 1. The molecule has 0 saturated carbocycles. The monoisotopic (exact) mass is 253 g/mol. The second kappa shape index (κ2) is 6.98. The van der Waals surface area contributed by atoms with E-state index in [9.17, 15) is 4.79 Å². The van der Waals surface area contributed by atoms with Crippen LogP contribution < -0.4 is 4.74 Å². The number of hydrogen-bond acceptors (Lipinski definition) is 4. The summed E-state index contributed by atoms with van der Waals surface area (Å²) in [6, 6.07) is 6.89. The summed E-state index contributed by atoms with van der Waals surface area (Å²) in [5.74, 6) is -0.139. The predicted molar refractivity (Wildman–Crippen MR) is 67.8 cm³/mol. The minimum atomic E-state index is -0.894. The van der Waals surface area contributed by atoms with Crippen LogP contribution in [0.25, 0.3) is 0 Å². The molecule has 0 spiro atoms. The van der Waals surface area contributed by atoms with Gasteiger partial charge in [-0.3, -0.25) is 9.69 Å². The average molecular weight is 253 g/mol. The fraction of sp³-hybridized carbons (Fsp3) is 0.462. The first-order chi connectivity index (χ1) is 8.60. The number of methoxy groups -OCH3 is 2. The molecule has 1 rings (SSSR count). The molecule has 0 amide bonds. The van der Waals surface area contributed by atoms with E-state index in [2.05, 4.69) is 0 Å².